The fraction of sp³-hybridized carbons (Fsp3) is 0.0435. The molecule has 3 aromatic rings. The predicted octanol–water partition coefficient (Wildman–Crippen LogP) is 7.02. The number of anilines is 1. The molecule has 1 amide bonds. The number of thiocarbonyl (C=S) groups is 1. The number of nitro benzene ring substituents is 2. The molecule has 1 aliphatic heterocycles. The molecule has 14 heteroatoms. The molecule has 0 radical (unpaired) electrons. The number of hydrogen-bond donors (Lipinski definition) is 0. The number of halogens is 2. The third kappa shape index (κ3) is 5.37. The summed E-state index contributed by atoms with van der Waals surface area (Å²) in [6.45, 7) is 0. The standard InChI is InChI=1S/C23H13Cl2N3O7S2/c1-34-19-4-2-3-12(21(19)35-18-8-6-14(27(30)31)11-17(18)28(32)33)9-20-22(29)26(23(36)37-20)16-7-5-13(24)10-15(16)25/h2-11H,1H3/b20-9-. The highest BCUT2D eigenvalue weighted by molar-refractivity contribution is 8.27. The Balaban J connectivity index is 1.76. The summed E-state index contributed by atoms with van der Waals surface area (Å²) in [4.78, 5) is 35.9. The smallest absolute Gasteiger partial charge is 0.318 e. The van der Waals surface area contributed by atoms with Gasteiger partial charge >= 0.3 is 5.69 Å². The molecule has 3 aromatic carbocycles. The number of hydrogen-bond acceptors (Lipinski definition) is 9. The third-order valence-corrected chi connectivity index (χ3v) is 6.86. The van der Waals surface area contributed by atoms with Crippen molar-refractivity contribution in [1.29, 1.82) is 0 Å². The average Bonchev–Trinajstić information content (AvgIpc) is 3.12. The number of carbonyl (C=O) groups is 1. The Morgan fingerprint density at radius 2 is 1.78 bits per heavy atom. The Kier molecular flexibility index (Phi) is 7.64. The van der Waals surface area contributed by atoms with E-state index in [0.717, 1.165) is 30.0 Å². The molecule has 1 fully saturated rings. The van der Waals surface area contributed by atoms with Crippen molar-refractivity contribution in [3.63, 3.8) is 0 Å². The molecule has 4 rings (SSSR count). The van der Waals surface area contributed by atoms with E-state index in [1.165, 1.54) is 24.2 Å². The Morgan fingerprint density at radius 1 is 1.03 bits per heavy atom. The summed E-state index contributed by atoms with van der Waals surface area (Å²) in [7, 11) is 1.37. The summed E-state index contributed by atoms with van der Waals surface area (Å²) >= 11 is 18.7. The number of benzene rings is 3. The quantitative estimate of drug-likeness (QED) is 0.126. The van der Waals surface area contributed by atoms with Gasteiger partial charge in [0, 0.05) is 16.7 Å². The lowest BCUT2D eigenvalue weighted by atomic mass is 10.1. The number of methoxy groups -OCH3 is 1. The number of para-hydroxylation sites is 1. The fourth-order valence-corrected chi connectivity index (χ4v) is 5.12. The molecule has 188 valence electrons. The van der Waals surface area contributed by atoms with Crippen molar-refractivity contribution < 1.29 is 24.1 Å². The maximum atomic E-state index is 13.3. The van der Waals surface area contributed by atoms with E-state index < -0.39 is 27.1 Å². The minimum atomic E-state index is -0.793. The van der Waals surface area contributed by atoms with Gasteiger partial charge < -0.3 is 9.47 Å². The van der Waals surface area contributed by atoms with Crippen LogP contribution in [0.5, 0.6) is 17.2 Å². The van der Waals surface area contributed by atoms with Gasteiger partial charge in [0.25, 0.3) is 11.6 Å². The summed E-state index contributed by atoms with van der Waals surface area (Å²) in [5, 5.41) is 23.3. The normalized spacial score (nSPS) is 14.2. The van der Waals surface area contributed by atoms with Crippen LogP contribution < -0.4 is 14.4 Å². The number of rotatable bonds is 7. The van der Waals surface area contributed by atoms with E-state index in [2.05, 4.69) is 0 Å². The van der Waals surface area contributed by atoms with Gasteiger partial charge in [-0.3, -0.25) is 29.9 Å². The molecule has 37 heavy (non-hydrogen) atoms. The predicted molar refractivity (Wildman–Crippen MR) is 145 cm³/mol. The van der Waals surface area contributed by atoms with Crippen LogP contribution in [-0.4, -0.2) is 27.2 Å². The maximum Gasteiger partial charge on any atom is 0.318 e. The lowest BCUT2D eigenvalue weighted by Gasteiger charge is -2.16. The minimum Gasteiger partial charge on any atom is -0.493 e. The number of non-ortho nitro benzene ring substituents is 1. The van der Waals surface area contributed by atoms with Gasteiger partial charge in [-0.1, -0.05) is 59.3 Å². The molecule has 0 spiro atoms. The molecule has 0 bridgehead atoms. The fourth-order valence-electron chi connectivity index (χ4n) is 3.35. The van der Waals surface area contributed by atoms with Gasteiger partial charge in [-0.15, -0.1) is 0 Å². The van der Waals surface area contributed by atoms with Crippen molar-refractivity contribution in [1.82, 2.24) is 0 Å². The highest BCUT2D eigenvalue weighted by Crippen LogP contribution is 2.44. The van der Waals surface area contributed by atoms with E-state index in [9.17, 15) is 25.0 Å². The average molecular weight is 578 g/mol. The molecule has 1 saturated heterocycles. The van der Waals surface area contributed by atoms with E-state index in [-0.39, 0.29) is 31.5 Å². The van der Waals surface area contributed by atoms with Crippen LogP contribution in [0.4, 0.5) is 17.1 Å². The molecular weight excluding hydrogens is 565 g/mol. The van der Waals surface area contributed by atoms with Crippen LogP contribution in [0.25, 0.3) is 6.08 Å². The van der Waals surface area contributed by atoms with E-state index in [4.69, 9.17) is 44.9 Å². The Morgan fingerprint density at radius 3 is 2.43 bits per heavy atom. The molecule has 1 heterocycles. The number of ether oxygens (including phenoxy) is 2. The van der Waals surface area contributed by atoms with Crippen LogP contribution >= 0.6 is 47.2 Å². The molecule has 1 aliphatic rings. The first kappa shape index (κ1) is 26.4. The van der Waals surface area contributed by atoms with Crippen molar-refractivity contribution >= 4 is 80.5 Å². The monoisotopic (exact) mass is 577 g/mol. The highest BCUT2D eigenvalue weighted by atomic mass is 35.5. The van der Waals surface area contributed by atoms with Crippen molar-refractivity contribution in [2.24, 2.45) is 0 Å². The van der Waals surface area contributed by atoms with Crippen molar-refractivity contribution in [2.45, 2.75) is 0 Å². The first-order valence-corrected chi connectivity index (χ1v) is 12.1. The summed E-state index contributed by atoms with van der Waals surface area (Å²) in [6.07, 6.45) is 1.50. The Labute approximate surface area is 228 Å². The Hall–Kier alpha value is -3.71. The van der Waals surface area contributed by atoms with Crippen LogP contribution in [-0.2, 0) is 4.79 Å². The lowest BCUT2D eigenvalue weighted by Crippen LogP contribution is -2.27. The lowest BCUT2D eigenvalue weighted by molar-refractivity contribution is -0.394. The van der Waals surface area contributed by atoms with Gasteiger partial charge in [0.15, 0.2) is 15.8 Å². The van der Waals surface area contributed by atoms with Crippen LogP contribution in [0.2, 0.25) is 10.0 Å². The van der Waals surface area contributed by atoms with Gasteiger partial charge in [0.1, 0.15) is 0 Å². The van der Waals surface area contributed by atoms with Gasteiger partial charge in [-0.2, -0.15) is 0 Å². The van der Waals surface area contributed by atoms with E-state index in [0.29, 0.717) is 16.3 Å². The maximum absolute atomic E-state index is 13.3. The van der Waals surface area contributed by atoms with Gasteiger partial charge in [-0.05, 0) is 36.4 Å². The van der Waals surface area contributed by atoms with E-state index >= 15 is 0 Å². The summed E-state index contributed by atoms with van der Waals surface area (Å²) in [6, 6.07) is 12.4. The van der Waals surface area contributed by atoms with Gasteiger partial charge in [0.2, 0.25) is 5.75 Å². The van der Waals surface area contributed by atoms with Crippen LogP contribution in [0, 0.1) is 20.2 Å². The SMILES string of the molecule is COc1cccc(/C=C2\SC(=S)N(c3ccc(Cl)cc3Cl)C2=O)c1Oc1ccc([N+](=O)[O-])cc1[N+](=O)[O-]. The molecule has 0 aliphatic carbocycles. The van der Waals surface area contributed by atoms with Crippen LogP contribution in [0.1, 0.15) is 5.56 Å². The number of amides is 1. The second-order valence-corrected chi connectivity index (χ2v) is 9.78. The number of nitrogens with zero attached hydrogens (tertiary/aromatic N) is 3. The zero-order valence-corrected chi connectivity index (χ0v) is 21.7. The minimum absolute atomic E-state index is 0.0525. The topological polar surface area (TPSA) is 125 Å². The highest BCUT2D eigenvalue weighted by Gasteiger charge is 2.35. The summed E-state index contributed by atoms with van der Waals surface area (Å²) in [5.41, 5.74) is -0.381. The molecule has 0 unspecified atom stereocenters. The molecular formula is C23H13Cl2N3O7S2. The second-order valence-electron chi connectivity index (χ2n) is 7.26. The number of carbonyl (C=O) groups excluding carboxylic acids is 1. The number of thioether (sulfide) groups is 1. The van der Waals surface area contributed by atoms with Crippen molar-refractivity contribution in [3.8, 4) is 17.2 Å². The molecule has 0 saturated carbocycles. The largest absolute Gasteiger partial charge is 0.493 e. The number of nitro groups is 2. The first-order valence-electron chi connectivity index (χ1n) is 10.1. The van der Waals surface area contributed by atoms with E-state index in [1.807, 2.05) is 0 Å². The van der Waals surface area contributed by atoms with Crippen molar-refractivity contribution in [3.05, 3.63) is 95.3 Å². The first-order chi connectivity index (χ1) is 17.6. The summed E-state index contributed by atoms with van der Waals surface area (Å²) in [5.74, 6) is -0.445. The Bertz CT molecular complexity index is 1510. The van der Waals surface area contributed by atoms with Crippen molar-refractivity contribution in [2.75, 3.05) is 12.0 Å². The second kappa shape index (κ2) is 10.7. The van der Waals surface area contributed by atoms with Gasteiger partial charge in [-0.25, -0.2) is 0 Å². The molecule has 10 nitrogen and oxygen atoms in total. The molecule has 0 aromatic heterocycles. The zero-order chi connectivity index (χ0) is 26.9. The van der Waals surface area contributed by atoms with Crippen LogP contribution in [0.15, 0.2) is 59.5 Å². The zero-order valence-electron chi connectivity index (χ0n) is 18.5. The third-order valence-electron chi connectivity index (χ3n) is 5.02. The van der Waals surface area contributed by atoms with Crippen LogP contribution in [0.3, 0.4) is 0 Å². The summed E-state index contributed by atoms with van der Waals surface area (Å²) < 4.78 is 11.4. The molecule has 0 atom stereocenters. The van der Waals surface area contributed by atoms with E-state index in [1.54, 1.807) is 30.3 Å². The van der Waals surface area contributed by atoms with Gasteiger partial charge in [0.05, 0.1) is 38.6 Å². The molecule has 0 N–H and O–H groups in total.